The summed E-state index contributed by atoms with van der Waals surface area (Å²) >= 11 is 6.23. The number of nitrogens with zero attached hydrogens (tertiary/aromatic N) is 2. The molecule has 3 aromatic rings. The Morgan fingerprint density at radius 3 is 2.55 bits per heavy atom. The summed E-state index contributed by atoms with van der Waals surface area (Å²) in [6.07, 6.45) is 2.21. The Balaban J connectivity index is 2.09. The van der Waals surface area contributed by atoms with Crippen molar-refractivity contribution in [3.63, 3.8) is 0 Å². The van der Waals surface area contributed by atoms with Gasteiger partial charge >= 0.3 is 0 Å². The molecule has 0 unspecified atom stereocenters. The molecule has 0 saturated heterocycles. The Bertz CT molecular complexity index is 711. The van der Waals surface area contributed by atoms with E-state index in [0.29, 0.717) is 23.0 Å². The first-order chi connectivity index (χ1) is 9.74. The van der Waals surface area contributed by atoms with Gasteiger partial charge in [0.25, 0.3) is 0 Å². The van der Waals surface area contributed by atoms with E-state index in [4.69, 9.17) is 21.8 Å². The number of rotatable bonds is 3. The molecular weight excluding hydrogens is 274 g/mol. The van der Waals surface area contributed by atoms with Gasteiger partial charge in [0.2, 0.25) is 5.95 Å². The van der Waals surface area contributed by atoms with Crippen molar-refractivity contribution >= 4 is 17.5 Å². The lowest BCUT2D eigenvalue weighted by atomic mass is 10.0. The molecule has 2 aromatic heterocycles. The van der Waals surface area contributed by atoms with Crippen molar-refractivity contribution in [3.8, 4) is 11.5 Å². The van der Waals surface area contributed by atoms with Gasteiger partial charge < -0.3 is 10.2 Å². The number of hydrogen-bond donors (Lipinski definition) is 1. The molecule has 100 valence electrons. The van der Waals surface area contributed by atoms with Crippen LogP contribution >= 0.6 is 11.6 Å². The van der Waals surface area contributed by atoms with E-state index < -0.39 is 0 Å². The van der Waals surface area contributed by atoms with Gasteiger partial charge in [0.15, 0.2) is 5.76 Å². The first kappa shape index (κ1) is 12.7. The van der Waals surface area contributed by atoms with E-state index in [2.05, 4.69) is 9.97 Å². The van der Waals surface area contributed by atoms with Gasteiger partial charge in [0.1, 0.15) is 10.8 Å². The van der Waals surface area contributed by atoms with E-state index in [-0.39, 0.29) is 5.95 Å². The molecule has 0 amide bonds. The maximum absolute atomic E-state index is 6.23. The molecule has 4 nitrogen and oxygen atoms in total. The van der Waals surface area contributed by atoms with E-state index in [1.807, 2.05) is 36.4 Å². The summed E-state index contributed by atoms with van der Waals surface area (Å²) in [6.45, 7) is 0. The minimum atomic E-state index is 0.137. The monoisotopic (exact) mass is 285 g/mol. The van der Waals surface area contributed by atoms with Gasteiger partial charge in [-0.15, -0.1) is 0 Å². The second kappa shape index (κ2) is 5.35. The first-order valence-corrected chi connectivity index (χ1v) is 6.51. The smallest absolute Gasteiger partial charge is 0.222 e. The average molecular weight is 286 g/mol. The third kappa shape index (κ3) is 2.51. The molecule has 2 N–H and O–H groups in total. The van der Waals surface area contributed by atoms with Crippen LogP contribution in [0.4, 0.5) is 5.95 Å². The van der Waals surface area contributed by atoms with Crippen LogP contribution < -0.4 is 5.73 Å². The lowest BCUT2D eigenvalue weighted by Gasteiger charge is -2.09. The number of hydrogen-bond acceptors (Lipinski definition) is 4. The zero-order chi connectivity index (χ0) is 13.9. The molecular formula is C15H12ClN3O. The molecule has 0 aliphatic rings. The van der Waals surface area contributed by atoms with Crippen LogP contribution in [0, 0.1) is 0 Å². The highest BCUT2D eigenvalue weighted by atomic mass is 35.5. The average Bonchev–Trinajstić information content (AvgIpc) is 2.96. The minimum Gasteiger partial charge on any atom is -0.463 e. The second-order valence-electron chi connectivity index (χ2n) is 4.34. The van der Waals surface area contributed by atoms with Gasteiger partial charge in [-0.2, -0.15) is 0 Å². The number of furan rings is 1. The zero-order valence-corrected chi connectivity index (χ0v) is 11.3. The summed E-state index contributed by atoms with van der Waals surface area (Å²) in [4.78, 5) is 8.29. The molecule has 0 aliphatic heterocycles. The Hall–Kier alpha value is -2.33. The van der Waals surface area contributed by atoms with Gasteiger partial charge in [0, 0.05) is 12.0 Å². The third-order valence-electron chi connectivity index (χ3n) is 2.95. The van der Waals surface area contributed by atoms with Crippen LogP contribution in [0.3, 0.4) is 0 Å². The second-order valence-corrected chi connectivity index (χ2v) is 4.70. The molecule has 0 aliphatic carbocycles. The molecule has 0 atom stereocenters. The molecule has 20 heavy (non-hydrogen) atoms. The van der Waals surface area contributed by atoms with Crippen molar-refractivity contribution in [2.24, 2.45) is 0 Å². The molecule has 0 saturated carbocycles. The van der Waals surface area contributed by atoms with Crippen molar-refractivity contribution in [2.45, 2.75) is 6.42 Å². The summed E-state index contributed by atoms with van der Waals surface area (Å²) in [7, 11) is 0. The van der Waals surface area contributed by atoms with E-state index in [0.717, 1.165) is 11.1 Å². The van der Waals surface area contributed by atoms with E-state index in [1.165, 1.54) is 0 Å². The van der Waals surface area contributed by atoms with Gasteiger partial charge in [-0.05, 0) is 17.7 Å². The van der Waals surface area contributed by atoms with Crippen LogP contribution in [0.5, 0.6) is 0 Å². The van der Waals surface area contributed by atoms with Crippen molar-refractivity contribution in [1.82, 2.24) is 9.97 Å². The van der Waals surface area contributed by atoms with Crippen LogP contribution in [0.15, 0.2) is 53.1 Å². The van der Waals surface area contributed by atoms with Crippen LogP contribution in [0.1, 0.15) is 11.1 Å². The molecule has 1 aromatic carbocycles. The fourth-order valence-electron chi connectivity index (χ4n) is 2.05. The standard InChI is InChI=1S/C15H12ClN3O/c16-14-11(9-10-5-2-1-3-6-10)13(18-15(17)19-14)12-7-4-8-20-12/h1-8H,9H2,(H2,17,18,19). The number of aromatic nitrogens is 2. The molecule has 0 bridgehead atoms. The zero-order valence-electron chi connectivity index (χ0n) is 10.6. The highest BCUT2D eigenvalue weighted by Crippen LogP contribution is 2.29. The number of benzene rings is 1. The number of anilines is 1. The molecule has 5 heteroatoms. The van der Waals surface area contributed by atoms with E-state index in [1.54, 1.807) is 12.3 Å². The van der Waals surface area contributed by atoms with Gasteiger partial charge in [-0.1, -0.05) is 41.9 Å². The lowest BCUT2D eigenvalue weighted by molar-refractivity contribution is 0.579. The highest BCUT2D eigenvalue weighted by Gasteiger charge is 2.16. The number of nitrogens with two attached hydrogens (primary N) is 1. The van der Waals surface area contributed by atoms with Gasteiger partial charge in [-0.25, -0.2) is 9.97 Å². The van der Waals surface area contributed by atoms with Crippen molar-refractivity contribution in [3.05, 3.63) is 65.0 Å². The number of halogens is 1. The Morgan fingerprint density at radius 2 is 1.85 bits per heavy atom. The molecule has 2 heterocycles. The van der Waals surface area contributed by atoms with Crippen molar-refractivity contribution in [2.75, 3.05) is 5.73 Å². The van der Waals surface area contributed by atoms with Crippen LogP contribution in [-0.4, -0.2) is 9.97 Å². The minimum absolute atomic E-state index is 0.137. The Morgan fingerprint density at radius 1 is 1.05 bits per heavy atom. The van der Waals surface area contributed by atoms with Crippen LogP contribution in [0.2, 0.25) is 5.15 Å². The van der Waals surface area contributed by atoms with Crippen molar-refractivity contribution < 1.29 is 4.42 Å². The summed E-state index contributed by atoms with van der Waals surface area (Å²) in [6, 6.07) is 13.6. The molecule has 0 fully saturated rings. The maximum Gasteiger partial charge on any atom is 0.222 e. The van der Waals surface area contributed by atoms with Crippen LogP contribution in [0.25, 0.3) is 11.5 Å². The maximum atomic E-state index is 6.23. The van der Waals surface area contributed by atoms with E-state index >= 15 is 0 Å². The SMILES string of the molecule is Nc1nc(Cl)c(Cc2ccccc2)c(-c2ccco2)n1. The summed E-state index contributed by atoms with van der Waals surface area (Å²) in [5, 5.41) is 0.354. The first-order valence-electron chi connectivity index (χ1n) is 6.14. The predicted octanol–water partition coefficient (Wildman–Crippen LogP) is 3.56. The summed E-state index contributed by atoms with van der Waals surface area (Å²) in [5.41, 5.74) is 8.24. The normalized spacial score (nSPS) is 10.7. The predicted molar refractivity (Wildman–Crippen MR) is 78.4 cm³/mol. The van der Waals surface area contributed by atoms with Gasteiger partial charge in [-0.3, -0.25) is 0 Å². The van der Waals surface area contributed by atoms with E-state index in [9.17, 15) is 0 Å². The number of nitrogen functional groups attached to an aromatic ring is 1. The lowest BCUT2D eigenvalue weighted by Crippen LogP contribution is -2.03. The largest absolute Gasteiger partial charge is 0.463 e. The highest BCUT2D eigenvalue weighted by molar-refractivity contribution is 6.30. The quantitative estimate of drug-likeness (QED) is 0.747. The molecule has 3 rings (SSSR count). The third-order valence-corrected chi connectivity index (χ3v) is 3.26. The van der Waals surface area contributed by atoms with Gasteiger partial charge in [0.05, 0.1) is 6.26 Å². The summed E-state index contributed by atoms with van der Waals surface area (Å²) in [5.74, 6) is 0.769. The van der Waals surface area contributed by atoms with Crippen molar-refractivity contribution in [1.29, 1.82) is 0 Å². The molecule has 0 spiro atoms. The Kier molecular flexibility index (Phi) is 3.39. The Labute approximate surface area is 121 Å². The topological polar surface area (TPSA) is 64.9 Å². The fourth-order valence-corrected chi connectivity index (χ4v) is 2.29. The summed E-state index contributed by atoms with van der Waals surface area (Å²) < 4.78 is 5.40. The van der Waals surface area contributed by atoms with Crippen LogP contribution in [-0.2, 0) is 6.42 Å². The molecule has 0 radical (unpaired) electrons. The fraction of sp³-hybridized carbons (Fsp3) is 0.0667.